The summed E-state index contributed by atoms with van der Waals surface area (Å²) in [6.45, 7) is 2.04. The van der Waals surface area contributed by atoms with Gasteiger partial charge in [-0.15, -0.1) is 0 Å². The quantitative estimate of drug-likeness (QED) is 0.615. The highest BCUT2D eigenvalue weighted by Crippen LogP contribution is 2.24. The molecule has 1 atom stereocenters. The summed E-state index contributed by atoms with van der Waals surface area (Å²) in [5.74, 6) is 0.671. The van der Waals surface area contributed by atoms with Crippen LogP contribution in [-0.4, -0.2) is 15.0 Å². The van der Waals surface area contributed by atoms with Crippen molar-refractivity contribution in [2.24, 2.45) is 0 Å². The minimum absolute atomic E-state index is 0.00455. The maximum atomic E-state index is 12.3. The Bertz CT molecular complexity index is 1070. The molecule has 0 bridgehead atoms. The number of hydrogen-bond donors (Lipinski definition) is 1. The first-order valence-electron chi connectivity index (χ1n) is 8.23. The molecule has 1 unspecified atom stereocenters. The van der Waals surface area contributed by atoms with Gasteiger partial charge in [0, 0.05) is 17.7 Å². The number of H-pyrrole nitrogens is 1. The van der Waals surface area contributed by atoms with E-state index in [4.69, 9.17) is 0 Å². The molecule has 2 aromatic heterocycles. The molecule has 4 heteroatoms. The Morgan fingerprint density at radius 1 is 0.920 bits per heavy atom. The number of para-hydroxylation sites is 1. The van der Waals surface area contributed by atoms with Crippen LogP contribution >= 0.6 is 0 Å². The van der Waals surface area contributed by atoms with Gasteiger partial charge >= 0.3 is 0 Å². The van der Waals surface area contributed by atoms with Crippen molar-refractivity contribution >= 4 is 10.9 Å². The number of benzene rings is 2. The fourth-order valence-electron chi connectivity index (χ4n) is 2.94. The number of hydrogen-bond acceptors (Lipinski definition) is 3. The number of rotatable bonds is 3. The first kappa shape index (κ1) is 15.3. The molecule has 122 valence electrons. The zero-order chi connectivity index (χ0) is 17.2. The fourth-order valence-corrected chi connectivity index (χ4v) is 2.94. The molecule has 0 aliphatic rings. The van der Waals surface area contributed by atoms with Crippen LogP contribution in [0.3, 0.4) is 0 Å². The van der Waals surface area contributed by atoms with Crippen molar-refractivity contribution in [2.75, 3.05) is 0 Å². The Kier molecular flexibility index (Phi) is 3.86. The average molecular weight is 327 g/mol. The van der Waals surface area contributed by atoms with Gasteiger partial charge < -0.3 is 4.98 Å². The lowest BCUT2D eigenvalue weighted by Crippen LogP contribution is -2.14. The zero-order valence-corrected chi connectivity index (χ0v) is 13.8. The second-order valence-electron chi connectivity index (χ2n) is 6.03. The number of aromatic nitrogens is 3. The molecule has 4 rings (SSSR count). The van der Waals surface area contributed by atoms with Gasteiger partial charge in [-0.3, -0.25) is 9.78 Å². The van der Waals surface area contributed by atoms with Crippen LogP contribution in [0.5, 0.6) is 0 Å². The molecular weight excluding hydrogens is 310 g/mol. The van der Waals surface area contributed by atoms with E-state index in [9.17, 15) is 4.79 Å². The van der Waals surface area contributed by atoms with Gasteiger partial charge in [-0.25, -0.2) is 4.98 Å². The molecule has 0 aliphatic heterocycles. The van der Waals surface area contributed by atoms with Crippen LogP contribution in [0.25, 0.3) is 22.2 Å². The lowest BCUT2D eigenvalue weighted by Gasteiger charge is -2.12. The van der Waals surface area contributed by atoms with E-state index in [0.717, 1.165) is 22.3 Å². The highest BCUT2D eigenvalue weighted by atomic mass is 16.1. The summed E-state index contributed by atoms with van der Waals surface area (Å²) in [4.78, 5) is 24.2. The molecule has 1 N–H and O–H groups in total. The molecule has 4 aromatic rings. The summed E-state index contributed by atoms with van der Waals surface area (Å²) in [5, 5.41) is 0.615. The van der Waals surface area contributed by atoms with E-state index < -0.39 is 0 Å². The Hall–Kier alpha value is -3.27. The van der Waals surface area contributed by atoms with Crippen LogP contribution in [0.1, 0.15) is 24.2 Å². The van der Waals surface area contributed by atoms with E-state index in [2.05, 4.69) is 27.1 Å². The number of fused-ring (bicyclic) bond motifs is 1. The van der Waals surface area contributed by atoms with Crippen molar-refractivity contribution in [1.29, 1.82) is 0 Å². The lowest BCUT2D eigenvalue weighted by atomic mass is 9.98. The number of pyridine rings is 1. The second kappa shape index (κ2) is 6.32. The van der Waals surface area contributed by atoms with Gasteiger partial charge in [0.05, 0.1) is 16.6 Å². The summed E-state index contributed by atoms with van der Waals surface area (Å²) >= 11 is 0. The highest BCUT2D eigenvalue weighted by Gasteiger charge is 2.13. The lowest BCUT2D eigenvalue weighted by molar-refractivity contribution is 0.818. The third-order valence-electron chi connectivity index (χ3n) is 4.41. The first-order valence-corrected chi connectivity index (χ1v) is 8.23. The van der Waals surface area contributed by atoms with Crippen LogP contribution < -0.4 is 5.56 Å². The number of nitrogens with one attached hydrogen (secondary N) is 1. The SMILES string of the molecule is CC(c1ccc(-c2ccccn2)cc1)c1nc2ccccc2c(=O)[nH]1. The van der Waals surface area contributed by atoms with Gasteiger partial charge in [-0.2, -0.15) is 0 Å². The highest BCUT2D eigenvalue weighted by molar-refractivity contribution is 5.77. The molecule has 0 radical (unpaired) electrons. The predicted octanol–water partition coefficient (Wildman–Crippen LogP) is 4.14. The van der Waals surface area contributed by atoms with Crippen LogP contribution in [0.4, 0.5) is 0 Å². The molecule has 2 heterocycles. The van der Waals surface area contributed by atoms with Gasteiger partial charge in [0.1, 0.15) is 5.82 Å². The molecule has 0 amide bonds. The van der Waals surface area contributed by atoms with Gasteiger partial charge in [0.15, 0.2) is 0 Å². The summed E-state index contributed by atoms with van der Waals surface area (Å²) in [6, 6.07) is 21.5. The average Bonchev–Trinajstić information content (AvgIpc) is 2.68. The molecule has 2 aromatic carbocycles. The van der Waals surface area contributed by atoms with Crippen LogP contribution in [0.2, 0.25) is 0 Å². The van der Waals surface area contributed by atoms with Crippen molar-refractivity contribution in [3.05, 3.63) is 94.7 Å². The third kappa shape index (κ3) is 2.94. The van der Waals surface area contributed by atoms with Crippen molar-refractivity contribution < 1.29 is 0 Å². The Balaban J connectivity index is 1.69. The van der Waals surface area contributed by atoms with E-state index >= 15 is 0 Å². The smallest absolute Gasteiger partial charge is 0.258 e. The Morgan fingerprint density at radius 3 is 2.44 bits per heavy atom. The topological polar surface area (TPSA) is 58.6 Å². The number of nitrogens with zero attached hydrogens (tertiary/aromatic N) is 2. The standard InChI is InChI=1S/C21H17N3O/c1-14(20-23-19-8-3-2-6-17(19)21(25)24-20)15-9-11-16(12-10-15)18-7-4-5-13-22-18/h2-14H,1H3,(H,23,24,25). The minimum Gasteiger partial charge on any atom is -0.309 e. The predicted molar refractivity (Wildman–Crippen MR) is 99.6 cm³/mol. The van der Waals surface area contributed by atoms with Crippen LogP contribution in [-0.2, 0) is 0 Å². The molecule has 4 nitrogen and oxygen atoms in total. The van der Waals surface area contributed by atoms with E-state index in [1.165, 1.54) is 0 Å². The molecule has 0 fully saturated rings. The van der Waals surface area contributed by atoms with E-state index in [1.54, 1.807) is 12.3 Å². The molecule has 0 saturated carbocycles. The number of aromatic amines is 1. The Morgan fingerprint density at radius 2 is 1.68 bits per heavy atom. The molecule has 0 aliphatic carbocycles. The second-order valence-corrected chi connectivity index (χ2v) is 6.03. The summed E-state index contributed by atoms with van der Waals surface area (Å²) in [7, 11) is 0. The molecule has 0 saturated heterocycles. The third-order valence-corrected chi connectivity index (χ3v) is 4.41. The molecule has 25 heavy (non-hydrogen) atoms. The maximum Gasteiger partial charge on any atom is 0.258 e. The zero-order valence-electron chi connectivity index (χ0n) is 13.8. The van der Waals surface area contributed by atoms with Gasteiger partial charge in [-0.1, -0.05) is 49.4 Å². The summed E-state index contributed by atoms with van der Waals surface area (Å²) in [5.41, 5.74) is 3.73. The molecular formula is C21H17N3O. The molecule has 0 spiro atoms. The first-order chi connectivity index (χ1) is 12.2. The summed E-state index contributed by atoms with van der Waals surface area (Å²) in [6.07, 6.45) is 1.79. The van der Waals surface area contributed by atoms with E-state index in [1.807, 2.05) is 55.5 Å². The maximum absolute atomic E-state index is 12.3. The van der Waals surface area contributed by atoms with Crippen molar-refractivity contribution in [3.8, 4) is 11.3 Å². The minimum atomic E-state index is -0.0995. The van der Waals surface area contributed by atoms with E-state index in [-0.39, 0.29) is 11.5 Å². The van der Waals surface area contributed by atoms with Gasteiger partial charge in [0.2, 0.25) is 0 Å². The monoisotopic (exact) mass is 327 g/mol. The summed E-state index contributed by atoms with van der Waals surface area (Å²) < 4.78 is 0. The fraction of sp³-hybridized carbons (Fsp3) is 0.0952. The van der Waals surface area contributed by atoms with Gasteiger partial charge in [0.25, 0.3) is 5.56 Å². The van der Waals surface area contributed by atoms with Gasteiger partial charge in [-0.05, 0) is 29.8 Å². The largest absolute Gasteiger partial charge is 0.309 e. The van der Waals surface area contributed by atoms with Crippen molar-refractivity contribution in [1.82, 2.24) is 15.0 Å². The van der Waals surface area contributed by atoms with Crippen LogP contribution in [0, 0.1) is 0 Å². The van der Waals surface area contributed by atoms with E-state index in [0.29, 0.717) is 11.2 Å². The Labute approximate surface area is 145 Å². The van der Waals surface area contributed by atoms with Crippen molar-refractivity contribution in [2.45, 2.75) is 12.8 Å². The normalized spacial score (nSPS) is 12.2. The van der Waals surface area contributed by atoms with Crippen LogP contribution in [0.15, 0.2) is 77.7 Å². The van der Waals surface area contributed by atoms with Crippen molar-refractivity contribution in [3.63, 3.8) is 0 Å².